The standard InChI is InChI=1S/C8H14F2N2O2/c9-8(10)14-5-3-12(4-5)6-1-11-2-7(6)13/h5-8,11,13H,1-4H2. The van der Waals surface area contributed by atoms with Crippen molar-refractivity contribution in [2.75, 3.05) is 26.2 Å². The molecule has 14 heavy (non-hydrogen) atoms. The van der Waals surface area contributed by atoms with E-state index in [-0.39, 0.29) is 18.2 Å². The lowest BCUT2D eigenvalue weighted by Crippen LogP contribution is -2.59. The highest BCUT2D eigenvalue weighted by Crippen LogP contribution is 2.20. The topological polar surface area (TPSA) is 44.7 Å². The molecule has 2 heterocycles. The predicted octanol–water partition coefficient (Wildman–Crippen LogP) is -0.757. The minimum absolute atomic E-state index is 0.0625. The lowest BCUT2D eigenvalue weighted by molar-refractivity contribution is -0.202. The molecular formula is C8H14F2N2O2. The van der Waals surface area contributed by atoms with Gasteiger partial charge in [0.25, 0.3) is 0 Å². The number of hydrogen-bond donors (Lipinski definition) is 2. The summed E-state index contributed by atoms with van der Waals surface area (Å²) in [5.74, 6) is 0. The summed E-state index contributed by atoms with van der Waals surface area (Å²) in [7, 11) is 0. The van der Waals surface area contributed by atoms with Gasteiger partial charge in [-0.2, -0.15) is 8.78 Å². The van der Waals surface area contributed by atoms with Crippen LogP contribution in [0.3, 0.4) is 0 Å². The number of ether oxygens (including phenoxy) is 1. The third-order valence-corrected chi connectivity index (χ3v) is 2.79. The molecule has 0 radical (unpaired) electrons. The molecule has 0 amide bonds. The van der Waals surface area contributed by atoms with Gasteiger partial charge in [-0.1, -0.05) is 0 Å². The van der Waals surface area contributed by atoms with Crippen molar-refractivity contribution in [3.8, 4) is 0 Å². The second-order valence-electron chi connectivity index (χ2n) is 3.77. The van der Waals surface area contributed by atoms with Crippen LogP contribution >= 0.6 is 0 Å². The molecule has 82 valence electrons. The van der Waals surface area contributed by atoms with Crippen LogP contribution < -0.4 is 5.32 Å². The molecule has 0 aliphatic carbocycles. The van der Waals surface area contributed by atoms with Crippen molar-refractivity contribution in [1.29, 1.82) is 0 Å². The molecule has 0 aromatic rings. The average Bonchev–Trinajstić information content (AvgIpc) is 2.42. The smallest absolute Gasteiger partial charge is 0.345 e. The van der Waals surface area contributed by atoms with Gasteiger partial charge in [0.05, 0.1) is 12.2 Å². The van der Waals surface area contributed by atoms with Crippen LogP contribution in [0.15, 0.2) is 0 Å². The van der Waals surface area contributed by atoms with Crippen molar-refractivity contribution in [1.82, 2.24) is 10.2 Å². The van der Waals surface area contributed by atoms with Crippen LogP contribution in [-0.2, 0) is 4.74 Å². The molecular weight excluding hydrogens is 194 g/mol. The van der Waals surface area contributed by atoms with Crippen molar-refractivity contribution in [2.45, 2.75) is 24.9 Å². The summed E-state index contributed by atoms with van der Waals surface area (Å²) < 4.78 is 27.9. The first-order chi connectivity index (χ1) is 6.66. The zero-order valence-electron chi connectivity index (χ0n) is 7.70. The van der Waals surface area contributed by atoms with E-state index in [4.69, 9.17) is 0 Å². The molecule has 2 atom stereocenters. The Labute approximate surface area is 80.8 Å². The molecule has 2 rings (SSSR count). The summed E-state index contributed by atoms with van der Waals surface area (Å²) in [6.07, 6.45) is -0.759. The number of aliphatic hydroxyl groups excluding tert-OH is 1. The third kappa shape index (κ3) is 2.03. The number of aliphatic hydroxyl groups is 1. The van der Waals surface area contributed by atoms with Crippen LogP contribution in [0, 0.1) is 0 Å². The first-order valence-electron chi connectivity index (χ1n) is 4.73. The van der Waals surface area contributed by atoms with E-state index in [1.165, 1.54) is 0 Å². The molecule has 4 nitrogen and oxygen atoms in total. The Morgan fingerprint density at radius 3 is 2.57 bits per heavy atom. The van der Waals surface area contributed by atoms with Crippen molar-refractivity contribution in [3.63, 3.8) is 0 Å². The summed E-state index contributed by atoms with van der Waals surface area (Å²) in [6.45, 7) is -0.389. The van der Waals surface area contributed by atoms with Gasteiger partial charge in [-0.3, -0.25) is 4.90 Å². The Bertz CT molecular complexity index is 200. The summed E-state index contributed by atoms with van der Waals surface area (Å²) >= 11 is 0. The molecule has 2 aliphatic heterocycles. The Kier molecular flexibility index (Phi) is 2.96. The number of alkyl halides is 2. The molecule has 2 unspecified atom stereocenters. The summed E-state index contributed by atoms with van der Waals surface area (Å²) in [4.78, 5) is 1.97. The van der Waals surface area contributed by atoms with Crippen LogP contribution in [0.25, 0.3) is 0 Å². The number of halogens is 2. The van der Waals surface area contributed by atoms with E-state index >= 15 is 0 Å². The Morgan fingerprint density at radius 2 is 2.07 bits per heavy atom. The highest BCUT2D eigenvalue weighted by molar-refractivity contribution is 4.95. The fourth-order valence-corrected chi connectivity index (χ4v) is 2.00. The van der Waals surface area contributed by atoms with Crippen LogP contribution in [0.5, 0.6) is 0 Å². The molecule has 2 fully saturated rings. The molecule has 2 aliphatic rings. The van der Waals surface area contributed by atoms with E-state index in [0.29, 0.717) is 19.6 Å². The maximum absolute atomic E-state index is 11.8. The van der Waals surface area contributed by atoms with Gasteiger partial charge >= 0.3 is 6.61 Å². The minimum Gasteiger partial charge on any atom is -0.390 e. The zero-order chi connectivity index (χ0) is 10.1. The van der Waals surface area contributed by atoms with E-state index in [2.05, 4.69) is 10.1 Å². The maximum Gasteiger partial charge on any atom is 0.345 e. The average molecular weight is 208 g/mol. The first kappa shape index (κ1) is 10.2. The molecule has 0 saturated carbocycles. The zero-order valence-corrected chi connectivity index (χ0v) is 7.70. The van der Waals surface area contributed by atoms with Crippen LogP contribution in [0.2, 0.25) is 0 Å². The molecule has 2 N–H and O–H groups in total. The van der Waals surface area contributed by atoms with Gasteiger partial charge in [-0.05, 0) is 0 Å². The fourth-order valence-electron chi connectivity index (χ4n) is 2.00. The lowest BCUT2D eigenvalue weighted by Gasteiger charge is -2.43. The quantitative estimate of drug-likeness (QED) is 0.640. The van der Waals surface area contributed by atoms with Gasteiger partial charge in [-0.15, -0.1) is 0 Å². The number of hydrogen-bond acceptors (Lipinski definition) is 4. The molecule has 6 heteroatoms. The van der Waals surface area contributed by atoms with E-state index in [1.807, 2.05) is 4.90 Å². The van der Waals surface area contributed by atoms with Crippen LogP contribution in [0.1, 0.15) is 0 Å². The van der Waals surface area contributed by atoms with Gasteiger partial charge in [-0.25, -0.2) is 0 Å². The Hall–Kier alpha value is -0.300. The Morgan fingerprint density at radius 1 is 1.36 bits per heavy atom. The van der Waals surface area contributed by atoms with Crippen molar-refractivity contribution in [2.24, 2.45) is 0 Å². The van der Waals surface area contributed by atoms with E-state index < -0.39 is 6.61 Å². The monoisotopic (exact) mass is 208 g/mol. The largest absolute Gasteiger partial charge is 0.390 e. The number of nitrogens with zero attached hydrogens (tertiary/aromatic N) is 1. The Balaban J connectivity index is 1.72. The van der Waals surface area contributed by atoms with E-state index in [0.717, 1.165) is 6.54 Å². The van der Waals surface area contributed by atoms with Gasteiger partial charge < -0.3 is 15.2 Å². The van der Waals surface area contributed by atoms with E-state index in [9.17, 15) is 13.9 Å². The second kappa shape index (κ2) is 4.06. The maximum atomic E-state index is 11.8. The highest BCUT2D eigenvalue weighted by atomic mass is 19.3. The summed E-state index contributed by atoms with van der Waals surface area (Å²) in [5.41, 5.74) is 0. The van der Waals surface area contributed by atoms with Crippen LogP contribution in [-0.4, -0.2) is 61.0 Å². The minimum atomic E-state index is -2.69. The fraction of sp³-hybridized carbons (Fsp3) is 1.00. The predicted molar refractivity (Wildman–Crippen MR) is 45.1 cm³/mol. The first-order valence-corrected chi connectivity index (χ1v) is 4.73. The number of likely N-dealkylation sites (tertiary alicyclic amines) is 1. The molecule has 0 bridgehead atoms. The molecule has 2 saturated heterocycles. The normalized spacial score (nSPS) is 35.1. The molecule has 0 aromatic carbocycles. The van der Waals surface area contributed by atoms with Gasteiger partial charge in [0.2, 0.25) is 0 Å². The number of rotatable bonds is 3. The van der Waals surface area contributed by atoms with Crippen molar-refractivity contribution >= 4 is 0 Å². The van der Waals surface area contributed by atoms with Gasteiger partial charge in [0.15, 0.2) is 0 Å². The molecule has 0 aromatic heterocycles. The van der Waals surface area contributed by atoms with Crippen molar-refractivity contribution in [3.05, 3.63) is 0 Å². The summed E-state index contributed by atoms with van der Waals surface area (Å²) in [5, 5.41) is 12.5. The number of β-amino-alcohol motifs (C(OH)–C–C–N with tert-alkyl or cyclic N) is 1. The third-order valence-electron chi connectivity index (χ3n) is 2.79. The van der Waals surface area contributed by atoms with E-state index in [1.54, 1.807) is 0 Å². The SMILES string of the molecule is OC1CNCC1N1CC(OC(F)F)C1. The lowest BCUT2D eigenvalue weighted by atomic mass is 10.1. The highest BCUT2D eigenvalue weighted by Gasteiger charge is 2.39. The summed E-state index contributed by atoms with van der Waals surface area (Å²) in [6, 6.07) is 0.0625. The van der Waals surface area contributed by atoms with Gasteiger partial charge in [0.1, 0.15) is 0 Å². The van der Waals surface area contributed by atoms with Gasteiger partial charge in [0, 0.05) is 32.2 Å². The number of nitrogens with one attached hydrogen (secondary N) is 1. The molecule has 0 spiro atoms. The van der Waals surface area contributed by atoms with Crippen LogP contribution in [0.4, 0.5) is 8.78 Å². The second-order valence-corrected chi connectivity index (χ2v) is 3.77. The van der Waals surface area contributed by atoms with Crippen molar-refractivity contribution < 1.29 is 18.6 Å².